The number of esters is 1. The monoisotopic (exact) mass is 342 g/mol. The lowest BCUT2D eigenvalue weighted by molar-refractivity contribution is -0.147. The standard InChI is InChI=1S/C23H18O3/c24-21-18-10-4-2-7-16(18)12-13-23(21)14-20(26-22(23)25)19-11-5-8-15-6-1-3-9-17(15)19/h1-11,20H,12-14H2. The number of hydrogen-bond donors (Lipinski definition) is 0. The average Bonchev–Trinajstić information content (AvgIpc) is 3.02. The van der Waals surface area contributed by atoms with Crippen LogP contribution in [0.15, 0.2) is 66.7 Å². The molecule has 0 bridgehead atoms. The second-order valence-corrected chi connectivity index (χ2v) is 7.23. The third-order valence-corrected chi connectivity index (χ3v) is 5.86. The van der Waals surface area contributed by atoms with E-state index in [1.807, 2.05) is 66.7 Å². The number of aryl methyl sites for hydroxylation is 1. The molecule has 0 amide bonds. The number of ether oxygens (including phenoxy) is 1. The van der Waals surface area contributed by atoms with E-state index in [1.165, 1.54) is 0 Å². The van der Waals surface area contributed by atoms with Crippen LogP contribution in [0.3, 0.4) is 0 Å². The molecule has 1 saturated heterocycles. The number of carbonyl (C=O) groups is 2. The highest BCUT2D eigenvalue weighted by Gasteiger charge is 2.56. The van der Waals surface area contributed by atoms with Crippen LogP contribution >= 0.6 is 0 Å². The van der Waals surface area contributed by atoms with Crippen molar-refractivity contribution in [3.63, 3.8) is 0 Å². The first-order valence-electron chi connectivity index (χ1n) is 9.00. The smallest absolute Gasteiger partial charge is 0.320 e. The summed E-state index contributed by atoms with van der Waals surface area (Å²) in [6.07, 6.45) is 1.32. The van der Waals surface area contributed by atoms with E-state index in [9.17, 15) is 9.59 Å². The Kier molecular flexibility index (Phi) is 3.26. The van der Waals surface area contributed by atoms with Crippen molar-refractivity contribution in [2.75, 3.05) is 0 Å². The van der Waals surface area contributed by atoms with Crippen molar-refractivity contribution < 1.29 is 14.3 Å². The Morgan fingerprint density at radius 1 is 0.885 bits per heavy atom. The Hall–Kier alpha value is -2.94. The second-order valence-electron chi connectivity index (χ2n) is 7.23. The predicted molar refractivity (Wildman–Crippen MR) is 98.9 cm³/mol. The highest BCUT2D eigenvalue weighted by Crippen LogP contribution is 2.50. The number of benzene rings is 3. The van der Waals surface area contributed by atoms with Gasteiger partial charge in [0.15, 0.2) is 5.78 Å². The largest absolute Gasteiger partial charge is 0.457 e. The molecule has 1 aliphatic heterocycles. The maximum absolute atomic E-state index is 13.2. The van der Waals surface area contributed by atoms with Gasteiger partial charge < -0.3 is 4.74 Å². The van der Waals surface area contributed by atoms with Gasteiger partial charge in [-0.1, -0.05) is 66.7 Å². The molecule has 1 aliphatic carbocycles. The molecule has 2 atom stereocenters. The van der Waals surface area contributed by atoms with Gasteiger partial charge in [-0.2, -0.15) is 0 Å². The van der Waals surface area contributed by atoms with E-state index in [-0.39, 0.29) is 17.9 Å². The number of Topliss-reactive ketones (excluding diaryl/α,β-unsaturated/α-hetero) is 1. The first kappa shape index (κ1) is 15.3. The first-order chi connectivity index (χ1) is 12.7. The number of hydrogen-bond acceptors (Lipinski definition) is 3. The van der Waals surface area contributed by atoms with Crippen molar-refractivity contribution in [2.24, 2.45) is 5.41 Å². The molecule has 0 saturated carbocycles. The van der Waals surface area contributed by atoms with Crippen molar-refractivity contribution in [2.45, 2.75) is 25.4 Å². The third kappa shape index (κ3) is 2.07. The van der Waals surface area contributed by atoms with E-state index in [1.54, 1.807) is 0 Å². The van der Waals surface area contributed by atoms with Gasteiger partial charge in [-0.05, 0) is 29.2 Å². The summed E-state index contributed by atoms with van der Waals surface area (Å²) in [5, 5.41) is 2.19. The molecule has 1 fully saturated rings. The molecule has 3 nitrogen and oxygen atoms in total. The van der Waals surface area contributed by atoms with Gasteiger partial charge in [-0.3, -0.25) is 9.59 Å². The van der Waals surface area contributed by atoms with Crippen molar-refractivity contribution >= 4 is 22.5 Å². The summed E-state index contributed by atoms with van der Waals surface area (Å²) in [4.78, 5) is 26.0. The molecular weight excluding hydrogens is 324 g/mol. The van der Waals surface area contributed by atoms with E-state index in [4.69, 9.17) is 4.74 Å². The van der Waals surface area contributed by atoms with E-state index >= 15 is 0 Å². The van der Waals surface area contributed by atoms with Gasteiger partial charge in [0.05, 0.1) is 0 Å². The molecule has 1 heterocycles. The van der Waals surface area contributed by atoms with Crippen LogP contribution in [-0.2, 0) is 16.0 Å². The minimum absolute atomic E-state index is 0.0768. The van der Waals surface area contributed by atoms with Crippen LogP contribution in [-0.4, -0.2) is 11.8 Å². The summed E-state index contributed by atoms with van der Waals surface area (Å²) in [6.45, 7) is 0. The minimum atomic E-state index is -1.03. The van der Waals surface area contributed by atoms with Gasteiger partial charge in [0.1, 0.15) is 11.5 Å². The molecule has 0 aromatic heterocycles. The normalized spacial score (nSPS) is 24.7. The summed E-state index contributed by atoms with van der Waals surface area (Å²) >= 11 is 0. The first-order valence-corrected chi connectivity index (χ1v) is 9.00. The summed E-state index contributed by atoms with van der Waals surface area (Å²) in [5.41, 5.74) is 1.66. The molecular formula is C23H18O3. The maximum Gasteiger partial charge on any atom is 0.320 e. The molecule has 0 radical (unpaired) electrons. The van der Waals surface area contributed by atoms with Gasteiger partial charge in [0.25, 0.3) is 0 Å². The van der Waals surface area contributed by atoms with Crippen molar-refractivity contribution in [3.05, 3.63) is 83.4 Å². The number of cyclic esters (lactones) is 1. The number of fused-ring (bicyclic) bond motifs is 2. The zero-order valence-corrected chi connectivity index (χ0v) is 14.3. The lowest BCUT2D eigenvalue weighted by Gasteiger charge is -2.29. The quantitative estimate of drug-likeness (QED) is 0.478. The molecule has 3 heteroatoms. The van der Waals surface area contributed by atoms with Crippen molar-refractivity contribution in [1.29, 1.82) is 0 Å². The van der Waals surface area contributed by atoms with Crippen LogP contribution in [0.4, 0.5) is 0 Å². The number of carbonyl (C=O) groups excluding carboxylic acids is 2. The molecule has 3 aromatic carbocycles. The lowest BCUT2D eigenvalue weighted by Crippen LogP contribution is -2.39. The lowest BCUT2D eigenvalue weighted by atomic mass is 9.68. The minimum Gasteiger partial charge on any atom is -0.457 e. The Balaban J connectivity index is 1.57. The maximum atomic E-state index is 13.2. The van der Waals surface area contributed by atoms with E-state index in [0.717, 1.165) is 28.3 Å². The van der Waals surface area contributed by atoms with Crippen LogP contribution < -0.4 is 0 Å². The topological polar surface area (TPSA) is 43.4 Å². The van der Waals surface area contributed by atoms with Crippen LogP contribution in [0.1, 0.15) is 40.4 Å². The fourth-order valence-electron chi connectivity index (χ4n) is 4.46. The van der Waals surface area contributed by atoms with Crippen LogP contribution in [0.25, 0.3) is 10.8 Å². The highest BCUT2D eigenvalue weighted by molar-refractivity contribution is 6.15. The Labute approximate surface area is 151 Å². The average molecular weight is 342 g/mol. The molecule has 2 aliphatic rings. The molecule has 128 valence electrons. The van der Waals surface area contributed by atoms with Crippen molar-refractivity contribution in [1.82, 2.24) is 0 Å². The summed E-state index contributed by atoms with van der Waals surface area (Å²) in [7, 11) is 0. The molecule has 0 N–H and O–H groups in total. The molecule has 3 aromatic rings. The van der Waals surface area contributed by atoms with Crippen LogP contribution in [0, 0.1) is 5.41 Å². The van der Waals surface area contributed by atoms with Gasteiger partial charge in [0, 0.05) is 17.5 Å². The molecule has 26 heavy (non-hydrogen) atoms. The Bertz CT molecular complexity index is 1050. The molecule has 5 rings (SSSR count). The zero-order valence-electron chi connectivity index (χ0n) is 14.3. The predicted octanol–water partition coefficient (Wildman–Crippen LogP) is 4.64. The van der Waals surface area contributed by atoms with E-state index in [0.29, 0.717) is 18.4 Å². The number of rotatable bonds is 1. The van der Waals surface area contributed by atoms with E-state index in [2.05, 4.69) is 0 Å². The summed E-state index contributed by atoms with van der Waals surface area (Å²) in [5.74, 6) is -0.443. The Morgan fingerprint density at radius 3 is 2.58 bits per heavy atom. The molecule has 1 spiro atoms. The van der Waals surface area contributed by atoms with Gasteiger partial charge in [-0.25, -0.2) is 0 Å². The summed E-state index contributed by atoms with van der Waals surface area (Å²) in [6, 6.07) is 21.7. The highest BCUT2D eigenvalue weighted by atomic mass is 16.6. The fraction of sp³-hybridized carbons (Fsp3) is 0.217. The SMILES string of the molecule is O=C1OC(c2cccc3ccccc23)CC12CCc1ccccc1C2=O. The zero-order chi connectivity index (χ0) is 17.7. The van der Waals surface area contributed by atoms with Gasteiger partial charge >= 0.3 is 5.97 Å². The Morgan fingerprint density at radius 2 is 1.65 bits per heavy atom. The fourth-order valence-corrected chi connectivity index (χ4v) is 4.46. The number of ketones is 1. The third-order valence-electron chi connectivity index (χ3n) is 5.86. The van der Waals surface area contributed by atoms with Crippen LogP contribution in [0.2, 0.25) is 0 Å². The summed E-state index contributed by atoms with van der Waals surface area (Å²) < 4.78 is 5.77. The van der Waals surface area contributed by atoms with Crippen LogP contribution in [0.5, 0.6) is 0 Å². The van der Waals surface area contributed by atoms with Gasteiger partial charge in [-0.15, -0.1) is 0 Å². The van der Waals surface area contributed by atoms with Crippen molar-refractivity contribution in [3.8, 4) is 0 Å². The second kappa shape index (κ2) is 5.53. The molecule has 2 unspecified atom stereocenters. The van der Waals surface area contributed by atoms with E-state index < -0.39 is 5.41 Å². The van der Waals surface area contributed by atoms with Gasteiger partial charge in [0.2, 0.25) is 0 Å².